The predicted molar refractivity (Wildman–Crippen MR) is 98.6 cm³/mol. The maximum absolute atomic E-state index is 12.9. The Kier molecular flexibility index (Phi) is 5.94. The van der Waals surface area contributed by atoms with E-state index in [4.69, 9.17) is 23.2 Å². The molecule has 1 saturated heterocycles. The van der Waals surface area contributed by atoms with E-state index in [-0.39, 0.29) is 17.8 Å². The minimum absolute atomic E-state index is 0.134. The molecule has 1 amide bonds. The number of halogens is 3. The lowest BCUT2D eigenvalue weighted by molar-refractivity contribution is 0.0909. The minimum Gasteiger partial charge on any atom is -0.349 e. The zero-order valence-corrected chi connectivity index (χ0v) is 15.2. The Hall–Kier alpha value is -1.62. The third-order valence-corrected chi connectivity index (χ3v) is 5.03. The van der Waals surface area contributed by atoms with E-state index in [1.54, 1.807) is 6.07 Å². The van der Waals surface area contributed by atoms with Crippen molar-refractivity contribution < 1.29 is 9.18 Å². The Morgan fingerprint density at radius 1 is 1.12 bits per heavy atom. The standard InChI is InChI=1S/C19H19Cl2FN2O/c20-15-4-1-14(18(21)11-15)12-24-9-7-17(8-10-24)23-19(25)13-2-5-16(22)6-3-13/h1-6,11,17H,7-10,12H2,(H,23,25). The number of rotatable bonds is 4. The molecule has 0 saturated carbocycles. The molecule has 2 aromatic carbocycles. The van der Waals surface area contributed by atoms with Gasteiger partial charge in [0.1, 0.15) is 5.82 Å². The van der Waals surface area contributed by atoms with Gasteiger partial charge >= 0.3 is 0 Å². The molecule has 1 fully saturated rings. The van der Waals surface area contributed by atoms with E-state index in [2.05, 4.69) is 10.2 Å². The normalized spacial score (nSPS) is 16.0. The molecule has 25 heavy (non-hydrogen) atoms. The fourth-order valence-corrected chi connectivity index (χ4v) is 3.46. The maximum Gasteiger partial charge on any atom is 0.251 e. The summed E-state index contributed by atoms with van der Waals surface area (Å²) < 4.78 is 12.9. The van der Waals surface area contributed by atoms with E-state index in [0.717, 1.165) is 38.0 Å². The first kappa shape index (κ1) is 18.2. The third kappa shape index (κ3) is 4.94. The number of amides is 1. The molecule has 0 bridgehead atoms. The van der Waals surface area contributed by atoms with E-state index in [9.17, 15) is 9.18 Å². The number of likely N-dealkylation sites (tertiary alicyclic amines) is 1. The molecule has 1 aliphatic heterocycles. The highest BCUT2D eigenvalue weighted by Crippen LogP contribution is 2.23. The second kappa shape index (κ2) is 8.17. The van der Waals surface area contributed by atoms with Gasteiger partial charge in [0.2, 0.25) is 0 Å². The largest absolute Gasteiger partial charge is 0.349 e. The average molecular weight is 381 g/mol. The van der Waals surface area contributed by atoms with Crippen LogP contribution in [0.3, 0.4) is 0 Å². The summed E-state index contributed by atoms with van der Waals surface area (Å²) >= 11 is 12.2. The SMILES string of the molecule is O=C(NC1CCN(Cc2ccc(Cl)cc2Cl)CC1)c1ccc(F)cc1. The molecule has 3 nitrogen and oxygen atoms in total. The molecule has 1 N–H and O–H groups in total. The molecule has 3 rings (SSSR count). The maximum atomic E-state index is 12.9. The van der Waals surface area contributed by atoms with Gasteiger partial charge in [-0.3, -0.25) is 9.69 Å². The predicted octanol–water partition coefficient (Wildman–Crippen LogP) is 4.53. The van der Waals surface area contributed by atoms with Crippen LogP contribution < -0.4 is 5.32 Å². The van der Waals surface area contributed by atoms with E-state index in [1.807, 2.05) is 12.1 Å². The number of benzene rings is 2. The first-order valence-electron chi connectivity index (χ1n) is 8.24. The molecule has 0 radical (unpaired) electrons. The Balaban J connectivity index is 1.50. The van der Waals surface area contributed by atoms with Gasteiger partial charge in [0, 0.05) is 41.3 Å². The number of carbonyl (C=O) groups is 1. The van der Waals surface area contributed by atoms with Crippen LogP contribution in [0.1, 0.15) is 28.8 Å². The minimum atomic E-state index is -0.342. The van der Waals surface area contributed by atoms with Crippen LogP contribution in [-0.4, -0.2) is 29.9 Å². The van der Waals surface area contributed by atoms with E-state index < -0.39 is 0 Å². The number of nitrogens with one attached hydrogen (secondary N) is 1. The van der Waals surface area contributed by atoms with Gasteiger partial charge < -0.3 is 5.32 Å². The molecule has 132 valence electrons. The summed E-state index contributed by atoms with van der Waals surface area (Å²) in [6.45, 7) is 2.54. The molecule has 1 aliphatic rings. The molecule has 2 aromatic rings. The van der Waals surface area contributed by atoms with Gasteiger partial charge in [0.05, 0.1) is 0 Å². The van der Waals surface area contributed by atoms with Crippen molar-refractivity contribution in [3.05, 3.63) is 69.5 Å². The van der Waals surface area contributed by atoms with Crippen molar-refractivity contribution >= 4 is 29.1 Å². The number of carbonyl (C=O) groups excluding carboxylic acids is 1. The second-order valence-corrected chi connectivity index (χ2v) is 7.11. The van der Waals surface area contributed by atoms with Crippen LogP contribution in [0.15, 0.2) is 42.5 Å². The van der Waals surface area contributed by atoms with Crippen LogP contribution >= 0.6 is 23.2 Å². The number of nitrogens with zero attached hydrogens (tertiary/aromatic N) is 1. The van der Waals surface area contributed by atoms with Crippen molar-refractivity contribution in [3.8, 4) is 0 Å². The smallest absolute Gasteiger partial charge is 0.251 e. The molecule has 0 atom stereocenters. The highest BCUT2D eigenvalue weighted by atomic mass is 35.5. The molecular formula is C19H19Cl2FN2O. The number of hydrogen-bond donors (Lipinski definition) is 1. The van der Waals surface area contributed by atoms with Crippen LogP contribution in [0.2, 0.25) is 10.0 Å². The average Bonchev–Trinajstić information content (AvgIpc) is 2.59. The lowest BCUT2D eigenvalue weighted by Gasteiger charge is -2.32. The Bertz CT molecular complexity index is 744. The topological polar surface area (TPSA) is 32.3 Å². The van der Waals surface area contributed by atoms with Gasteiger partial charge in [0.15, 0.2) is 0 Å². The molecule has 0 aromatic heterocycles. The summed E-state index contributed by atoms with van der Waals surface area (Å²) in [5.74, 6) is -0.495. The first-order chi connectivity index (χ1) is 12.0. The zero-order chi connectivity index (χ0) is 17.8. The molecule has 0 unspecified atom stereocenters. The van der Waals surface area contributed by atoms with Gasteiger partial charge in [-0.15, -0.1) is 0 Å². The summed E-state index contributed by atoms with van der Waals surface area (Å²) in [5, 5.41) is 4.34. The molecule has 1 heterocycles. The van der Waals surface area contributed by atoms with E-state index in [0.29, 0.717) is 15.6 Å². The van der Waals surface area contributed by atoms with Crippen LogP contribution in [0.5, 0.6) is 0 Å². The van der Waals surface area contributed by atoms with Gasteiger partial charge in [-0.1, -0.05) is 29.3 Å². The van der Waals surface area contributed by atoms with Crippen molar-refractivity contribution in [1.29, 1.82) is 0 Å². The summed E-state index contributed by atoms with van der Waals surface area (Å²) in [7, 11) is 0. The van der Waals surface area contributed by atoms with Crippen molar-refractivity contribution in [3.63, 3.8) is 0 Å². The molecule has 0 spiro atoms. The zero-order valence-electron chi connectivity index (χ0n) is 13.6. The lowest BCUT2D eigenvalue weighted by Crippen LogP contribution is -2.44. The van der Waals surface area contributed by atoms with Crippen molar-refractivity contribution in [1.82, 2.24) is 10.2 Å². The van der Waals surface area contributed by atoms with E-state index in [1.165, 1.54) is 24.3 Å². The fraction of sp³-hybridized carbons (Fsp3) is 0.316. The van der Waals surface area contributed by atoms with E-state index >= 15 is 0 Å². The third-order valence-electron chi connectivity index (χ3n) is 4.44. The molecule has 0 aliphatic carbocycles. The summed E-state index contributed by atoms with van der Waals surface area (Å²) in [6.07, 6.45) is 1.75. The molecule has 6 heteroatoms. The Morgan fingerprint density at radius 2 is 1.80 bits per heavy atom. The van der Waals surface area contributed by atoms with Crippen LogP contribution in [0.25, 0.3) is 0 Å². The fourth-order valence-electron chi connectivity index (χ4n) is 3.00. The monoisotopic (exact) mass is 380 g/mol. The summed E-state index contributed by atoms with van der Waals surface area (Å²) in [5.41, 5.74) is 1.54. The van der Waals surface area contributed by atoms with Gasteiger partial charge in [-0.05, 0) is 54.8 Å². The first-order valence-corrected chi connectivity index (χ1v) is 8.99. The van der Waals surface area contributed by atoms with Gasteiger partial charge in [-0.2, -0.15) is 0 Å². The highest BCUT2D eigenvalue weighted by molar-refractivity contribution is 6.35. The summed E-state index contributed by atoms with van der Waals surface area (Å²) in [6, 6.07) is 11.3. The second-order valence-electron chi connectivity index (χ2n) is 6.27. The summed E-state index contributed by atoms with van der Waals surface area (Å²) in [4.78, 5) is 14.5. The lowest BCUT2D eigenvalue weighted by atomic mass is 10.0. The molecular weight excluding hydrogens is 362 g/mol. The quantitative estimate of drug-likeness (QED) is 0.844. The van der Waals surface area contributed by atoms with Crippen molar-refractivity contribution in [2.75, 3.05) is 13.1 Å². The van der Waals surface area contributed by atoms with Crippen molar-refractivity contribution in [2.24, 2.45) is 0 Å². The van der Waals surface area contributed by atoms with Crippen LogP contribution in [0.4, 0.5) is 4.39 Å². The van der Waals surface area contributed by atoms with Gasteiger partial charge in [0.25, 0.3) is 5.91 Å². The highest BCUT2D eigenvalue weighted by Gasteiger charge is 2.21. The van der Waals surface area contributed by atoms with Crippen LogP contribution in [0, 0.1) is 5.82 Å². The van der Waals surface area contributed by atoms with Crippen LogP contribution in [-0.2, 0) is 6.54 Å². The van der Waals surface area contributed by atoms with Gasteiger partial charge in [-0.25, -0.2) is 4.39 Å². The number of hydrogen-bond acceptors (Lipinski definition) is 2. The van der Waals surface area contributed by atoms with Crippen molar-refractivity contribution in [2.45, 2.75) is 25.4 Å². The Morgan fingerprint density at radius 3 is 2.44 bits per heavy atom. The number of piperidine rings is 1. The Labute approximate surface area is 156 Å².